The molecule has 0 aliphatic carbocycles. The summed E-state index contributed by atoms with van der Waals surface area (Å²) in [5, 5.41) is 10.8. The molecule has 0 amide bonds. The van der Waals surface area contributed by atoms with E-state index in [0.29, 0.717) is 22.5 Å². The lowest BCUT2D eigenvalue weighted by Gasteiger charge is -2.39. The van der Waals surface area contributed by atoms with Gasteiger partial charge in [0, 0.05) is 25.2 Å². The monoisotopic (exact) mass is 293 g/mol. The molecule has 7 nitrogen and oxygen atoms in total. The molecule has 3 rings (SSSR count). The molecule has 0 bridgehead atoms. The van der Waals surface area contributed by atoms with E-state index in [1.807, 2.05) is 20.0 Å². The summed E-state index contributed by atoms with van der Waals surface area (Å²) in [6.45, 7) is 3.66. The third-order valence-corrected chi connectivity index (χ3v) is 3.92. The van der Waals surface area contributed by atoms with Crippen LogP contribution in [0.5, 0.6) is 0 Å². The topological polar surface area (TPSA) is 95.8 Å². The molecule has 3 heterocycles. The van der Waals surface area contributed by atoms with Gasteiger partial charge >= 0.3 is 0 Å². The van der Waals surface area contributed by atoms with Crippen molar-refractivity contribution in [2.75, 3.05) is 30.8 Å². The fraction of sp³-hybridized carbons (Fsp3) is 0.417. The maximum absolute atomic E-state index is 6.20. The molecule has 0 saturated carbocycles. The second-order valence-corrected chi connectivity index (χ2v) is 5.25. The first kappa shape index (κ1) is 13.1. The van der Waals surface area contributed by atoms with Crippen LogP contribution >= 0.6 is 11.6 Å². The molecule has 0 radical (unpaired) electrons. The first-order valence-electron chi connectivity index (χ1n) is 6.36. The van der Waals surface area contributed by atoms with E-state index in [1.165, 1.54) is 0 Å². The molecule has 0 unspecified atom stereocenters. The molecule has 1 fully saturated rings. The lowest BCUT2D eigenvalue weighted by molar-refractivity contribution is 0.447. The summed E-state index contributed by atoms with van der Waals surface area (Å²) >= 11 is 6.20. The third kappa shape index (κ3) is 2.19. The zero-order valence-corrected chi connectivity index (χ0v) is 12.1. The molecule has 2 aromatic rings. The average Bonchev–Trinajstić information content (AvgIpc) is 2.68. The summed E-state index contributed by atoms with van der Waals surface area (Å²) in [4.78, 5) is 10.6. The number of halogens is 1. The van der Waals surface area contributed by atoms with Crippen molar-refractivity contribution in [3.05, 3.63) is 16.8 Å². The molecule has 20 heavy (non-hydrogen) atoms. The number of nitrogens with two attached hydrogens (primary N) is 1. The average molecular weight is 294 g/mol. The van der Waals surface area contributed by atoms with E-state index in [0.717, 1.165) is 24.6 Å². The van der Waals surface area contributed by atoms with Crippen LogP contribution in [0.4, 0.5) is 11.8 Å². The number of aromatic nitrogens is 4. The fourth-order valence-electron chi connectivity index (χ4n) is 2.17. The minimum atomic E-state index is 0.224. The molecule has 106 valence electrons. The van der Waals surface area contributed by atoms with Gasteiger partial charge in [0.15, 0.2) is 0 Å². The highest BCUT2D eigenvalue weighted by Gasteiger charge is 2.27. The van der Waals surface area contributed by atoms with E-state index in [-0.39, 0.29) is 5.95 Å². The Balaban J connectivity index is 1.93. The van der Waals surface area contributed by atoms with Gasteiger partial charge in [-0.15, -0.1) is 0 Å². The number of H-pyrrole nitrogens is 1. The Morgan fingerprint density at radius 3 is 2.80 bits per heavy atom. The van der Waals surface area contributed by atoms with E-state index in [1.54, 1.807) is 0 Å². The molecule has 0 spiro atoms. The maximum Gasteiger partial charge on any atom is 0.222 e. The Morgan fingerprint density at radius 2 is 2.20 bits per heavy atom. The molecule has 2 aromatic heterocycles. The van der Waals surface area contributed by atoms with Crippen molar-refractivity contribution in [1.29, 1.82) is 0 Å². The van der Waals surface area contributed by atoms with E-state index < -0.39 is 0 Å². The van der Waals surface area contributed by atoms with Crippen molar-refractivity contribution in [2.45, 2.75) is 13.0 Å². The van der Waals surface area contributed by atoms with Crippen LogP contribution in [0, 0.1) is 6.92 Å². The number of rotatable bonds is 3. The Hall–Kier alpha value is -1.86. The molecule has 4 N–H and O–H groups in total. The second kappa shape index (κ2) is 4.92. The molecule has 0 atom stereocenters. The number of nitrogens with one attached hydrogen (secondary N) is 2. The second-order valence-electron chi connectivity index (χ2n) is 4.87. The summed E-state index contributed by atoms with van der Waals surface area (Å²) < 4.78 is 0. The Labute approximate surface area is 121 Å². The number of nitrogen functional groups attached to an aromatic ring is 1. The van der Waals surface area contributed by atoms with Crippen LogP contribution in [-0.2, 0) is 0 Å². The van der Waals surface area contributed by atoms with E-state index >= 15 is 0 Å². The van der Waals surface area contributed by atoms with Gasteiger partial charge in [-0.1, -0.05) is 11.6 Å². The minimum Gasteiger partial charge on any atom is -0.368 e. The zero-order chi connectivity index (χ0) is 14.3. The minimum absolute atomic E-state index is 0.224. The summed E-state index contributed by atoms with van der Waals surface area (Å²) in [6, 6.07) is 2.36. The van der Waals surface area contributed by atoms with Gasteiger partial charge in [-0.05, 0) is 14.0 Å². The van der Waals surface area contributed by atoms with Crippen molar-refractivity contribution < 1.29 is 0 Å². The van der Waals surface area contributed by atoms with Crippen LogP contribution < -0.4 is 16.0 Å². The molecule has 1 aliphatic heterocycles. The number of hydrogen-bond acceptors (Lipinski definition) is 6. The van der Waals surface area contributed by atoms with Crippen molar-refractivity contribution in [3.63, 3.8) is 0 Å². The summed E-state index contributed by atoms with van der Waals surface area (Å²) in [5.74, 6) is 1.03. The van der Waals surface area contributed by atoms with Crippen molar-refractivity contribution >= 4 is 23.4 Å². The molecular formula is C12H16ClN7. The lowest BCUT2D eigenvalue weighted by Crippen LogP contribution is -2.57. The van der Waals surface area contributed by atoms with Gasteiger partial charge in [0.1, 0.15) is 11.5 Å². The van der Waals surface area contributed by atoms with Crippen LogP contribution in [0.25, 0.3) is 11.4 Å². The SMILES string of the molecule is CNC1CN(c2cc(-c3n[nH]c(C)c3Cl)nc(N)n2)C1. The molecule has 1 saturated heterocycles. The highest BCUT2D eigenvalue weighted by atomic mass is 35.5. The van der Waals surface area contributed by atoms with Crippen molar-refractivity contribution in [1.82, 2.24) is 25.5 Å². The van der Waals surface area contributed by atoms with Gasteiger partial charge in [0.25, 0.3) is 0 Å². The number of aryl methyl sites for hydroxylation is 1. The van der Waals surface area contributed by atoms with Crippen molar-refractivity contribution in [3.8, 4) is 11.4 Å². The predicted octanol–water partition coefficient (Wildman–Crippen LogP) is 0.819. The summed E-state index contributed by atoms with van der Waals surface area (Å²) in [6.07, 6.45) is 0. The number of anilines is 2. The molecule has 8 heteroatoms. The Morgan fingerprint density at radius 1 is 1.45 bits per heavy atom. The molecule has 0 aromatic carbocycles. The van der Waals surface area contributed by atoms with Crippen LogP contribution in [0.1, 0.15) is 5.69 Å². The van der Waals surface area contributed by atoms with Crippen LogP contribution in [-0.4, -0.2) is 46.3 Å². The first-order chi connectivity index (χ1) is 9.58. The summed E-state index contributed by atoms with van der Waals surface area (Å²) in [7, 11) is 1.95. The quantitative estimate of drug-likeness (QED) is 0.775. The van der Waals surface area contributed by atoms with Crippen LogP contribution in [0.15, 0.2) is 6.07 Å². The lowest BCUT2D eigenvalue weighted by atomic mass is 10.1. The van der Waals surface area contributed by atoms with Crippen molar-refractivity contribution in [2.24, 2.45) is 0 Å². The van der Waals surface area contributed by atoms with Gasteiger partial charge in [-0.25, -0.2) is 4.98 Å². The fourth-order valence-corrected chi connectivity index (χ4v) is 2.35. The normalized spacial score (nSPS) is 15.4. The molecule has 1 aliphatic rings. The van der Waals surface area contributed by atoms with E-state index in [2.05, 4.69) is 30.4 Å². The standard InChI is InChI=1S/C12H16ClN7/c1-6-10(13)11(19-18-6)8-3-9(17-12(14)16-8)20-4-7(5-20)15-2/h3,7,15H,4-5H2,1-2H3,(H,18,19)(H2,14,16,17). The van der Waals surface area contributed by atoms with Crippen LogP contribution in [0.2, 0.25) is 5.02 Å². The van der Waals surface area contributed by atoms with Gasteiger partial charge in [-0.3, -0.25) is 5.10 Å². The van der Waals surface area contributed by atoms with Gasteiger partial charge in [0.2, 0.25) is 5.95 Å². The Bertz CT molecular complexity index is 633. The summed E-state index contributed by atoms with van der Waals surface area (Å²) in [5.41, 5.74) is 7.83. The third-order valence-electron chi connectivity index (χ3n) is 3.46. The number of likely N-dealkylation sites (N-methyl/N-ethyl adjacent to an activating group) is 1. The van der Waals surface area contributed by atoms with Crippen LogP contribution in [0.3, 0.4) is 0 Å². The molecular weight excluding hydrogens is 278 g/mol. The van der Waals surface area contributed by atoms with Gasteiger partial charge < -0.3 is 16.0 Å². The number of hydrogen-bond donors (Lipinski definition) is 3. The number of aromatic amines is 1. The van der Waals surface area contributed by atoms with Gasteiger partial charge in [-0.2, -0.15) is 10.1 Å². The Kier molecular flexibility index (Phi) is 3.23. The first-order valence-corrected chi connectivity index (χ1v) is 6.74. The highest BCUT2D eigenvalue weighted by Crippen LogP contribution is 2.30. The van der Waals surface area contributed by atoms with Gasteiger partial charge in [0.05, 0.1) is 16.4 Å². The zero-order valence-electron chi connectivity index (χ0n) is 11.3. The predicted molar refractivity (Wildman–Crippen MR) is 78.8 cm³/mol. The smallest absolute Gasteiger partial charge is 0.222 e. The largest absolute Gasteiger partial charge is 0.368 e. The highest BCUT2D eigenvalue weighted by molar-refractivity contribution is 6.33. The van der Waals surface area contributed by atoms with E-state index in [4.69, 9.17) is 17.3 Å². The maximum atomic E-state index is 6.20. The number of nitrogens with zero attached hydrogens (tertiary/aromatic N) is 4. The van der Waals surface area contributed by atoms with E-state index in [9.17, 15) is 0 Å².